The van der Waals surface area contributed by atoms with E-state index in [-0.39, 0.29) is 17.9 Å². The van der Waals surface area contributed by atoms with Crippen molar-refractivity contribution in [3.63, 3.8) is 0 Å². The van der Waals surface area contributed by atoms with Gasteiger partial charge >= 0.3 is 0 Å². The second-order valence-electron chi connectivity index (χ2n) is 6.43. The molecule has 1 aromatic carbocycles. The first kappa shape index (κ1) is 19.7. The van der Waals surface area contributed by atoms with Gasteiger partial charge in [0.05, 0.1) is 19.3 Å². The normalized spacial score (nSPS) is 15.3. The van der Waals surface area contributed by atoms with Gasteiger partial charge in [-0.2, -0.15) is 11.3 Å². The third kappa shape index (κ3) is 5.45. The van der Waals surface area contributed by atoms with E-state index in [0.29, 0.717) is 28.6 Å². The van der Waals surface area contributed by atoms with E-state index in [2.05, 4.69) is 15.5 Å². The molecule has 2 aromatic rings. The van der Waals surface area contributed by atoms with Crippen LogP contribution in [-0.4, -0.2) is 49.5 Å². The molecule has 0 aliphatic carbocycles. The number of benzene rings is 1. The van der Waals surface area contributed by atoms with Crippen LogP contribution >= 0.6 is 22.9 Å². The van der Waals surface area contributed by atoms with Crippen LogP contribution in [0.4, 0.5) is 5.69 Å². The molecule has 0 atom stereocenters. The van der Waals surface area contributed by atoms with Gasteiger partial charge in [0.25, 0.3) is 5.91 Å². The van der Waals surface area contributed by atoms with Gasteiger partial charge in [-0.05, 0) is 42.5 Å². The van der Waals surface area contributed by atoms with E-state index in [1.165, 1.54) is 11.3 Å². The average molecular weight is 408 g/mol. The highest BCUT2D eigenvalue weighted by molar-refractivity contribution is 7.08. The number of likely N-dealkylation sites (tertiary alicyclic amines) is 1. The lowest BCUT2D eigenvalue weighted by Crippen LogP contribution is -2.46. The van der Waals surface area contributed by atoms with Crippen molar-refractivity contribution in [2.75, 3.05) is 32.1 Å². The van der Waals surface area contributed by atoms with Crippen molar-refractivity contribution in [2.45, 2.75) is 18.9 Å². The summed E-state index contributed by atoms with van der Waals surface area (Å²) < 4.78 is 5.25. The Balaban J connectivity index is 1.45. The Morgan fingerprint density at radius 2 is 2.07 bits per heavy atom. The summed E-state index contributed by atoms with van der Waals surface area (Å²) in [5, 5.41) is 10.2. The zero-order valence-corrected chi connectivity index (χ0v) is 16.6. The fourth-order valence-corrected chi connectivity index (χ4v) is 3.88. The molecule has 0 saturated carbocycles. The lowest BCUT2D eigenvalue weighted by molar-refractivity contribution is -0.117. The molecule has 2 heterocycles. The molecule has 2 amide bonds. The van der Waals surface area contributed by atoms with E-state index in [9.17, 15) is 9.59 Å². The summed E-state index contributed by atoms with van der Waals surface area (Å²) in [5.74, 6) is 0.430. The Morgan fingerprint density at radius 3 is 2.74 bits per heavy atom. The van der Waals surface area contributed by atoms with E-state index in [1.807, 2.05) is 16.8 Å². The predicted octanol–water partition coefficient (Wildman–Crippen LogP) is 3.24. The van der Waals surface area contributed by atoms with Gasteiger partial charge in [-0.25, -0.2) is 0 Å². The largest absolute Gasteiger partial charge is 0.495 e. The number of rotatable bonds is 6. The van der Waals surface area contributed by atoms with Crippen molar-refractivity contribution >= 4 is 40.4 Å². The first-order valence-electron chi connectivity index (χ1n) is 8.74. The van der Waals surface area contributed by atoms with Crippen LogP contribution in [0.5, 0.6) is 5.75 Å². The van der Waals surface area contributed by atoms with Crippen LogP contribution in [0, 0.1) is 0 Å². The Morgan fingerprint density at radius 1 is 1.30 bits per heavy atom. The molecule has 1 saturated heterocycles. The molecule has 0 unspecified atom stereocenters. The molecule has 6 nitrogen and oxygen atoms in total. The van der Waals surface area contributed by atoms with Gasteiger partial charge in [0.2, 0.25) is 5.91 Å². The van der Waals surface area contributed by atoms with Crippen molar-refractivity contribution in [2.24, 2.45) is 0 Å². The molecule has 0 bridgehead atoms. The molecule has 1 fully saturated rings. The summed E-state index contributed by atoms with van der Waals surface area (Å²) in [6.45, 7) is 1.81. The highest BCUT2D eigenvalue weighted by atomic mass is 35.5. The number of hydrogen-bond acceptors (Lipinski definition) is 5. The highest BCUT2D eigenvalue weighted by Gasteiger charge is 2.23. The molecule has 2 N–H and O–H groups in total. The maximum absolute atomic E-state index is 12.4. The van der Waals surface area contributed by atoms with Gasteiger partial charge in [-0.15, -0.1) is 0 Å². The van der Waals surface area contributed by atoms with Crippen LogP contribution in [0.15, 0.2) is 35.0 Å². The van der Waals surface area contributed by atoms with Crippen molar-refractivity contribution in [1.29, 1.82) is 0 Å². The third-order valence-electron chi connectivity index (χ3n) is 4.51. The molecular formula is C19H22ClN3O3S. The van der Waals surface area contributed by atoms with Crippen LogP contribution < -0.4 is 15.4 Å². The second-order valence-corrected chi connectivity index (χ2v) is 7.65. The maximum atomic E-state index is 12.4. The number of halogens is 1. The van der Waals surface area contributed by atoms with Crippen LogP contribution in [-0.2, 0) is 4.79 Å². The Bertz CT molecular complexity index is 790. The third-order valence-corrected chi connectivity index (χ3v) is 5.43. The molecule has 144 valence electrons. The van der Waals surface area contributed by atoms with Gasteiger partial charge in [0, 0.05) is 35.1 Å². The summed E-state index contributed by atoms with van der Waals surface area (Å²) in [4.78, 5) is 26.6. The molecule has 0 radical (unpaired) electrons. The van der Waals surface area contributed by atoms with E-state index >= 15 is 0 Å². The molecule has 8 heteroatoms. The Labute approximate surface area is 167 Å². The van der Waals surface area contributed by atoms with Crippen molar-refractivity contribution in [1.82, 2.24) is 10.2 Å². The number of carbonyl (C=O) groups excluding carboxylic acids is 2. The average Bonchev–Trinajstić information content (AvgIpc) is 3.18. The number of piperidine rings is 1. The number of thiophene rings is 1. The van der Waals surface area contributed by atoms with Gasteiger partial charge in [0.1, 0.15) is 5.75 Å². The topological polar surface area (TPSA) is 70.7 Å². The molecule has 0 spiro atoms. The number of nitrogens with zero attached hydrogens (tertiary/aromatic N) is 1. The smallest absolute Gasteiger partial charge is 0.252 e. The zero-order chi connectivity index (χ0) is 19.2. The number of nitrogens with one attached hydrogen (secondary N) is 2. The summed E-state index contributed by atoms with van der Waals surface area (Å²) in [7, 11) is 1.55. The van der Waals surface area contributed by atoms with Crippen molar-refractivity contribution in [3.8, 4) is 5.75 Å². The number of methoxy groups -OCH3 is 1. The number of anilines is 1. The summed E-state index contributed by atoms with van der Waals surface area (Å²) in [6, 6.07) is 7.07. The van der Waals surface area contributed by atoms with E-state index in [1.54, 1.807) is 25.3 Å². The molecule has 1 aliphatic rings. The van der Waals surface area contributed by atoms with Gasteiger partial charge in [-0.1, -0.05) is 11.6 Å². The number of hydrogen-bond donors (Lipinski definition) is 2. The molecule has 27 heavy (non-hydrogen) atoms. The van der Waals surface area contributed by atoms with Crippen molar-refractivity contribution in [3.05, 3.63) is 45.6 Å². The van der Waals surface area contributed by atoms with Crippen LogP contribution in [0.2, 0.25) is 5.02 Å². The molecule has 3 rings (SSSR count). The summed E-state index contributed by atoms with van der Waals surface area (Å²) in [6.07, 6.45) is 1.65. The van der Waals surface area contributed by atoms with Gasteiger partial charge in [-0.3, -0.25) is 14.5 Å². The predicted molar refractivity (Wildman–Crippen MR) is 108 cm³/mol. The number of ether oxygens (including phenoxy) is 1. The van der Waals surface area contributed by atoms with Crippen LogP contribution in [0.1, 0.15) is 23.2 Å². The number of carbonyl (C=O) groups is 2. The van der Waals surface area contributed by atoms with Gasteiger partial charge in [0.15, 0.2) is 0 Å². The number of amides is 2. The monoisotopic (exact) mass is 407 g/mol. The fourth-order valence-electron chi connectivity index (χ4n) is 3.07. The van der Waals surface area contributed by atoms with E-state index < -0.39 is 0 Å². The quantitative estimate of drug-likeness (QED) is 0.771. The highest BCUT2D eigenvalue weighted by Crippen LogP contribution is 2.27. The second kappa shape index (κ2) is 9.21. The minimum absolute atomic E-state index is 0.0273. The molecule has 1 aliphatic heterocycles. The minimum atomic E-state index is -0.115. The van der Waals surface area contributed by atoms with E-state index in [0.717, 1.165) is 25.9 Å². The summed E-state index contributed by atoms with van der Waals surface area (Å²) in [5.41, 5.74) is 1.27. The SMILES string of the molecule is COc1ccc(Cl)cc1NC(=O)CN1CCC(NC(=O)c2ccsc2)CC1. The standard InChI is InChI=1S/C19H22ClN3O3S/c1-26-17-3-2-14(20)10-16(17)22-18(24)11-23-7-4-15(5-8-23)21-19(25)13-6-9-27-12-13/h2-3,6,9-10,12,15H,4-5,7-8,11H2,1H3,(H,21,25)(H,22,24). The lowest BCUT2D eigenvalue weighted by Gasteiger charge is -2.31. The minimum Gasteiger partial charge on any atom is -0.495 e. The molecular weight excluding hydrogens is 386 g/mol. The lowest BCUT2D eigenvalue weighted by atomic mass is 10.0. The zero-order valence-electron chi connectivity index (χ0n) is 15.0. The van der Waals surface area contributed by atoms with Crippen LogP contribution in [0.25, 0.3) is 0 Å². The van der Waals surface area contributed by atoms with E-state index in [4.69, 9.17) is 16.3 Å². The first-order valence-corrected chi connectivity index (χ1v) is 10.1. The Kier molecular flexibility index (Phi) is 6.71. The fraction of sp³-hybridized carbons (Fsp3) is 0.368. The summed E-state index contributed by atoms with van der Waals surface area (Å²) >= 11 is 7.50. The van der Waals surface area contributed by atoms with Crippen LogP contribution in [0.3, 0.4) is 0 Å². The maximum Gasteiger partial charge on any atom is 0.252 e. The first-order chi connectivity index (χ1) is 13.0. The Hall–Kier alpha value is -2.09. The van der Waals surface area contributed by atoms with Gasteiger partial charge < -0.3 is 15.4 Å². The van der Waals surface area contributed by atoms with Crippen molar-refractivity contribution < 1.29 is 14.3 Å². The molecule has 1 aromatic heterocycles.